The molecule has 136 valence electrons. The van der Waals surface area contributed by atoms with Gasteiger partial charge in [0.1, 0.15) is 5.75 Å². The molecule has 0 aliphatic carbocycles. The van der Waals surface area contributed by atoms with E-state index in [-0.39, 0.29) is 17.7 Å². The lowest BCUT2D eigenvalue weighted by molar-refractivity contribution is -0.141. The fourth-order valence-electron chi connectivity index (χ4n) is 3.59. The predicted molar refractivity (Wildman–Crippen MR) is 95.4 cm³/mol. The Hall–Kier alpha value is -2.08. The zero-order chi connectivity index (χ0) is 18.0. The number of nitrogens with one attached hydrogen (secondary N) is 1. The molecule has 2 unspecified atom stereocenters. The maximum Gasteiger partial charge on any atom is 0.264 e. The zero-order valence-electron chi connectivity index (χ0n) is 15.0. The first-order valence-corrected chi connectivity index (χ1v) is 9.03. The molecule has 6 heteroatoms. The first kappa shape index (κ1) is 17.7. The van der Waals surface area contributed by atoms with Crippen molar-refractivity contribution in [3.8, 4) is 5.75 Å². The second-order valence-electron chi connectivity index (χ2n) is 7.06. The van der Waals surface area contributed by atoms with Crippen LogP contribution in [0.15, 0.2) is 12.1 Å². The molecule has 0 saturated carbocycles. The molecule has 2 aliphatic rings. The topological polar surface area (TPSA) is 84.7 Å². The molecule has 0 spiro atoms. The normalized spacial score (nSPS) is 22.3. The van der Waals surface area contributed by atoms with Crippen molar-refractivity contribution in [2.75, 3.05) is 26.2 Å². The van der Waals surface area contributed by atoms with Crippen molar-refractivity contribution in [1.82, 2.24) is 10.2 Å². The number of rotatable bonds is 4. The summed E-state index contributed by atoms with van der Waals surface area (Å²) in [6, 6.07) is 4.12. The Morgan fingerprint density at radius 3 is 2.84 bits per heavy atom. The maximum atomic E-state index is 12.9. The van der Waals surface area contributed by atoms with Gasteiger partial charge in [-0.2, -0.15) is 0 Å². The smallest absolute Gasteiger partial charge is 0.264 e. The van der Waals surface area contributed by atoms with Crippen LogP contribution in [0.1, 0.15) is 29.5 Å². The fraction of sp³-hybridized carbons (Fsp3) is 0.579. The zero-order valence-corrected chi connectivity index (χ0v) is 15.0. The number of benzene rings is 1. The molecule has 2 heterocycles. The molecule has 3 rings (SSSR count). The summed E-state index contributed by atoms with van der Waals surface area (Å²) in [6.07, 6.45) is 1.78. The molecule has 6 nitrogen and oxygen atoms in total. The Bertz CT molecular complexity index is 643. The van der Waals surface area contributed by atoms with Crippen LogP contribution < -0.4 is 15.8 Å². The number of likely N-dealkylation sites (tertiary alicyclic amines) is 1. The highest BCUT2D eigenvalue weighted by Crippen LogP contribution is 2.32. The molecule has 0 bridgehead atoms. The van der Waals surface area contributed by atoms with Crippen molar-refractivity contribution in [2.45, 2.75) is 39.2 Å². The molecule has 1 aromatic rings. The number of carbonyl (C=O) groups excluding carboxylic acids is 2. The summed E-state index contributed by atoms with van der Waals surface area (Å²) in [5.74, 6) is 0.640. The maximum absolute atomic E-state index is 12.9. The fourth-order valence-corrected chi connectivity index (χ4v) is 3.59. The number of hydrogen-bond donors (Lipinski definition) is 2. The predicted octanol–water partition coefficient (Wildman–Crippen LogP) is 0.920. The summed E-state index contributed by atoms with van der Waals surface area (Å²) in [5.41, 5.74) is 8.91. The van der Waals surface area contributed by atoms with Crippen LogP contribution in [0, 0.1) is 19.8 Å². The van der Waals surface area contributed by atoms with Gasteiger partial charge in [0, 0.05) is 32.6 Å². The Balaban J connectivity index is 1.62. The van der Waals surface area contributed by atoms with Crippen LogP contribution >= 0.6 is 0 Å². The number of carbonyl (C=O) groups is 2. The Morgan fingerprint density at radius 1 is 1.32 bits per heavy atom. The van der Waals surface area contributed by atoms with Gasteiger partial charge in [-0.25, -0.2) is 0 Å². The molecule has 2 aliphatic heterocycles. The minimum atomic E-state index is -0.470. The quantitative estimate of drug-likeness (QED) is 0.850. The largest absolute Gasteiger partial charge is 0.480 e. The highest BCUT2D eigenvalue weighted by Gasteiger charge is 2.36. The van der Waals surface area contributed by atoms with Crippen molar-refractivity contribution >= 4 is 11.8 Å². The van der Waals surface area contributed by atoms with Crippen molar-refractivity contribution in [1.29, 1.82) is 0 Å². The molecule has 1 saturated heterocycles. The Morgan fingerprint density at radius 2 is 2.08 bits per heavy atom. The highest BCUT2D eigenvalue weighted by molar-refractivity contribution is 5.84. The highest BCUT2D eigenvalue weighted by atomic mass is 16.5. The number of fused-ring (bicyclic) bond motifs is 1. The number of aryl methyl sites for hydroxylation is 2. The van der Waals surface area contributed by atoms with Gasteiger partial charge in [0.05, 0.1) is 5.92 Å². The average molecular weight is 345 g/mol. The second kappa shape index (κ2) is 7.44. The van der Waals surface area contributed by atoms with E-state index in [1.54, 1.807) is 4.90 Å². The van der Waals surface area contributed by atoms with Crippen molar-refractivity contribution in [3.63, 3.8) is 0 Å². The molecule has 3 N–H and O–H groups in total. The molecular weight excluding hydrogens is 318 g/mol. The van der Waals surface area contributed by atoms with Crippen molar-refractivity contribution in [3.05, 3.63) is 28.8 Å². The van der Waals surface area contributed by atoms with Gasteiger partial charge in [-0.15, -0.1) is 0 Å². The molecule has 1 aromatic carbocycles. The van der Waals surface area contributed by atoms with E-state index in [9.17, 15) is 9.59 Å². The summed E-state index contributed by atoms with van der Waals surface area (Å²) in [6.45, 7) is 6.16. The molecule has 0 radical (unpaired) electrons. The van der Waals surface area contributed by atoms with E-state index in [2.05, 4.69) is 18.3 Å². The van der Waals surface area contributed by atoms with Gasteiger partial charge < -0.3 is 20.7 Å². The van der Waals surface area contributed by atoms with Crippen LogP contribution in [0.2, 0.25) is 0 Å². The first-order chi connectivity index (χ1) is 12.0. The van der Waals surface area contributed by atoms with Crippen LogP contribution in [0.4, 0.5) is 0 Å². The minimum absolute atomic E-state index is 0.00942. The van der Waals surface area contributed by atoms with Crippen LogP contribution in [-0.4, -0.2) is 49.0 Å². The SMILES string of the molecule is Cc1cc2c(cc1C)OC(C(=O)N1CCCC(C(=O)NCCN)C1)C2. The van der Waals surface area contributed by atoms with E-state index in [4.69, 9.17) is 10.5 Å². The van der Waals surface area contributed by atoms with Gasteiger partial charge in [0.15, 0.2) is 6.10 Å². The van der Waals surface area contributed by atoms with Crippen LogP contribution in [0.5, 0.6) is 5.75 Å². The van der Waals surface area contributed by atoms with E-state index in [0.717, 1.165) is 24.2 Å². The molecule has 25 heavy (non-hydrogen) atoms. The number of ether oxygens (including phenoxy) is 1. The Labute approximate surface area is 148 Å². The van der Waals surface area contributed by atoms with E-state index in [0.29, 0.717) is 32.6 Å². The second-order valence-corrected chi connectivity index (χ2v) is 7.06. The van der Waals surface area contributed by atoms with E-state index >= 15 is 0 Å². The molecular formula is C19H27N3O3. The average Bonchev–Trinajstić information content (AvgIpc) is 3.02. The van der Waals surface area contributed by atoms with Gasteiger partial charge in [0.2, 0.25) is 5.91 Å². The van der Waals surface area contributed by atoms with Crippen molar-refractivity contribution < 1.29 is 14.3 Å². The summed E-state index contributed by atoms with van der Waals surface area (Å²) < 4.78 is 5.91. The molecule has 0 aromatic heterocycles. The van der Waals surface area contributed by atoms with E-state index in [1.165, 1.54) is 11.1 Å². The minimum Gasteiger partial charge on any atom is -0.480 e. The third-order valence-electron chi connectivity index (χ3n) is 5.17. The lowest BCUT2D eigenvalue weighted by atomic mass is 9.96. The van der Waals surface area contributed by atoms with E-state index in [1.807, 2.05) is 13.0 Å². The van der Waals surface area contributed by atoms with Gasteiger partial charge >= 0.3 is 0 Å². The summed E-state index contributed by atoms with van der Waals surface area (Å²) in [5, 5.41) is 2.82. The van der Waals surface area contributed by atoms with Crippen molar-refractivity contribution in [2.24, 2.45) is 11.7 Å². The Kier molecular flexibility index (Phi) is 5.27. The third-order valence-corrected chi connectivity index (χ3v) is 5.17. The number of hydrogen-bond acceptors (Lipinski definition) is 4. The summed E-state index contributed by atoms with van der Waals surface area (Å²) in [4.78, 5) is 26.8. The monoisotopic (exact) mass is 345 g/mol. The lowest BCUT2D eigenvalue weighted by Gasteiger charge is -2.33. The number of amides is 2. The van der Waals surface area contributed by atoms with Crippen LogP contribution in [0.25, 0.3) is 0 Å². The first-order valence-electron chi connectivity index (χ1n) is 9.03. The number of nitrogens with zero attached hydrogens (tertiary/aromatic N) is 1. The van der Waals surface area contributed by atoms with Crippen LogP contribution in [0.3, 0.4) is 0 Å². The molecule has 1 fully saturated rings. The molecule has 2 atom stereocenters. The van der Waals surface area contributed by atoms with E-state index < -0.39 is 6.10 Å². The summed E-state index contributed by atoms with van der Waals surface area (Å²) in [7, 11) is 0. The molecule has 2 amide bonds. The van der Waals surface area contributed by atoms with Gasteiger partial charge in [-0.3, -0.25) is 9.59 Å². The van der Waals surface area contributed by atoms with Gasteiger partial charge in [0.25, 0.3) is 5.91 Å². The van der Waals surface area contributed by atoms with Gasteiger partial charge in [-0.05, 0) is 49.4 Å². The third kappa shape index (κ3) is 3.79. The number of nitrogens with two attached hydrogens (primary N) is 1. The number of piperidine rings is 1. The standard InChI is InChI=1S/C19H27N3O3/c1-12-8-15-10-17(25-16(15)9-13(12)2)19(24)22-7-3-4-14(11-22)18(23)21-6-5-20/h8-9,14,17H,3-7,10-11,20H2,1-2H3,(H,21,23). The summed E-state index contributed by atoms with van der Waals surface area (Å²) >= 11 is 0. The van der Waals surface area contributed by atoms with Crippen LogP contribution in [-0.2, 0) is 16.0 Å². The van der Waals surface area contributed by atoms with Gasteiger partial charge in [-0.1, -0.05) is 6.07 Å². The lowest BCUT2D eigenvalue weighted by Crippen LogP contribution is -2.49.